The second kappa shape index (κ2) is 4.69. The molecule has 0 aromatic heterocycles. The Morgan fingerprint density at radius 1 is 0.880 bits per heavy atom. The smallest absolute Gasteiger partial charge is 0.133 e. The molecule has 0 bridgehead atoms. The van der Waals surface area contributed by atoms with Gasteiger partial charge in [-0.1, -0.05) is 57.2 Å². The van der Waals surface area contributed by atoms with Crippen LogP contribution in [-0.4, -0.2) is 10.4 Å². The van der Waals surface area contributed by atoms with E-state index in [0.29, 0.717) is 6.17 Å². The SMILES string of the molecule is CCC1(C)c2cccc3c2C2N(C=CN2C1(C)CC)c1ccccc1-3. The van der Waals surface area contributed by atoms with Crippen molar-refractivity contribution in [2.75, 3.05) is 4.90 Å². The summed E-state index contributed by atoms with van der Waals surface area (Å²) >= 11 is 0. The molecule has 0 saturated heterocycles. The standard InChI is InChI=1S/C23H26N2/c1-5-22(3)18-12-9-11-17-16-10-7-8-13-19(16)24-14-15-25(21(24)20(17)18)23(22,4)6-2/h7-15,21H,5-6H2,1-4H3. The number of fused-ring (bicyclic) bond motifs is 3. The van der Waals surface area contributed by atoms with E-state index in [1.807, 2.05) is 0 Å². The van der Waals surface area contributed by atoms with Crippen molar-refractivity contribution >= 4 is 5.69 Å². The largest absolute Gasteiger partial charge is 0.346 e. The molecule has 2 nitrogen and oxygen atoms in total. The summed E-state index contributed by atoms with van der Waals surface area (Å²) in [6.45, 7) is 9.62. The summed E-state index contributed by atoms with van der Waals surface area (Å²) in [6.07, 6.45) is 7.21. The maximum absolute atomic E-state index is 2.64. The van der Waals surface area contributed by atoms with Crippen molar-refractivity contribution in [3.8, 4) is 11.1 Å². The fourth-order valence-corrected chi connectivity index (χ4v) is 5.57. The highest BCUT2D eigenvalue weighted by Gasteiger charge is 2.57. The van der Waals surface area contributed by atoms with Crippen LogP contribution in [0.1, 0.15) is 57.8 Å². The van der Waals surface area contributed by atoms with Gasteiger partial charge in [0.05, 0.1) is 5.69 Å². The number of rotatable bonds is 2. The molecule has 25 heavy (non-hydrogen) atoms. The Kier molecular flexibility index (Phi) is 2.83. The fourth-order valence-electron chi connectivity index (χ4n) is 5.57. The highest BCUT2D eigenvalue weighted by molar-refractivity contribution is 5.87. The lowest BCUT2D eigenvalue weighted by atomic mass is 9.59. The number of anilines is 1. The maximum atomic E-state index is 2.64. The van der Waals surface area contributed by atoms with E-state index < -0.39 is 0 Å². The summed E-state index contributed by atoms with van der Waals surface area (Å²) in [6, 6.07) is 15.8. The number of benzene rings is 2. The average Bonchev–Trinajstić information content (AvgIpc) is 3.12. The first-order valence-corrected chi connectivity index (χ1v) is 9.54. The summed E-state index contributed by atoms with van der Waals surface area (Å²) in [5, 5.41) is 0. The zero-order valence-corrected chi connectivity index (χ0v) is 15.6. The van der Waals surface area contributed by atoms with Crippen molar-refractivity contribution in [2.24, 2.45) is 0 Å². The first-order chi connectivity index (χ1) is 12.1. The molecule has 0 amide bonds. The predicted octanol–water partition coefficient (Wildman–Crippen LogP) is 5.81. The fraction of sp³-hybridized carbons (Fsp3) is 0.391. The van der Waals surface area contributed by atoms with Gasteiger partial charge in [0.1, 0.15) is 6.17 Å². The Labute approximate surface area is 150 Å². The topological polar surface area (TPSA) is 6.48 Å². The van der Waals surface area contributed by atoms with E-state index in [9.17, 15) is 0 Å². The van der Waals surface area contributed by atoms with Crippen LogP contribution in [0.3, 0.4) is 0 Å². The molecule has 2 heteroatoms. The summed E-state index contributed by atoms with van der Waals surface area (Å²) < 4.78 is 0. The Balaban J connectivity index is 1.91. The minimum atomic E-state index is 0.107. The van der Waals surface area contributed by atoms with Crippen LogP contribution in [0.2, 0.25) is 0 Å². The molecule has 3 atom stereocenters. The second-order valence-electron chi connectivity index (χ2n) is 8.08. The van der Waals surface area contributed by atoms with Gasteiger partial charge in [0.25, 0.3) is 0 Å². The maximum Gasteiger partial charge on any atom is 0.133 e. The van der Waals surface area contributed by atoms with Gasteiger partial charge in [-0.3, -0.25) is 0 Å². The molecule has 3 aliphatic heterocycles. The van der Waals surface area contributed by atoms with Crippen molar-refractivity contribution in [3.63, 3.8) is 0 Å². The van der Waals surface area contributed by atoms with Crippen LogP contribution >= 0.6 is 0 Å². The monoisotopic (exact) mass is 330 g/mol. The van der Waals surface area contributed by atoms with Gasteiger partial charge in [-0.05, 0) is 37.0 Å². The van der Waals surface area contributed by atoms with Crippen LogP contribution in [0.4, 0.5) is 5.69 Å². The van der Waals surface area contributed by atoms with Crippen LogP contribution in [-0.2, 0) is 5.41 Å². The molecule has 0 spiro atoms. The molecule has 0 N–H and O–H groups in total. The molecular weight excluding hydrogens is 304 g/mol. The summed E-state index contributed by atoms with van der Waals surface area (Å²) in [4.78, 5) is 5.11. The van der Waals surface area contributed by atoms with E-state index in [1.54, 1.807) is 5.56 Å². The van der Waals surface area contributed by atoms with Gasteiger partial charge in [-0.15, -0.1) is 0 Å². The molecule has 0 fully saturated rings. The van der Waals surface area contributed by atoms with Crippen LogP contribution in [0, 0.1) is 0 Å². The van der Waals surface area contributed by atoms with Gasteiger partial charge in [-0.25, -0.2) is 0 Å². The van der Waals surface area contributed by atoms with Crippen LogP contribution < -0.4 is 4.90 Å². The zero-order chi connectivity index (χ0) is 17.4. The third-order valence-electron chi connectivity index (χ3n) is 7.50. The molecule has 0 aliphatic carbocycles. The first kappa shape index (κ1) is 15.1. The first-order valence-electron chi connectivity index (χ1n) is 9.54. The van der Waals surface area contributed by atoms with Crippen molar-refractivity contribution in [2.45, 2.75) is 57.7 Å². The molecule has 0 saturated carbocycles. The van der Waals surface area contributed by atoms with Crippen LogP contribution in [0.25, 0.3) is 11.1 Å². The Hall–Kier alpha value is -2.22. The minimum Gasteiger partial charge on any atom is -0.346 e. The van der Waals surface area contributed by atoms with Gasteiger partial charge in [0.15, 0.2) is 0 Å². The van der Waals surface area contributed by atoms with E-state index in [0.717, 1.165) is 12.8 Å². The van der Waals surface area contributed by atoms with Gasteiger partial charge in [0.2, 0.25) is 0 Å². The van der Waals surface area contributed by atoms with E-state index in [1.165, 1.54) is 22.4 Å². The molecule has 128 valence electrons. The quantitative estimate of drug-likeness (QED) is 0.685. The normalized spacial score (nSPS) is 31.1. The molecular formula is C23H26N2. The molecule has 5 rings (SSSR count). The van der Waals surface area contributed by atoms with Gasteiger partial charge in [-0.2, -0.15) is 0 Å². The van der Waals surface area contributed by atoms with Gasteiger partial charge < -0.3 is 9.80 Å². The van der Waals surface area contributed by atoms with Gasteiger partial charge >= 0.3 is 0 Å². The zero-order valence-electron chi connectivity index (χ0n) is 15.6. The predicted molar refractivity (Wildman–Crippen MR) is 104 cm³/mol. The van der Waals surface area contributed by atoms with Crippen molar-refractivity contribution < 1.29 is 0 Å². The van der Waals surface area contributed by atoms with Crippen LogP contribution in [0.5, 0.6) is 0 Å². The number of para-hydroxylation sites is 1. The molecule has 0 radical (unpaired) electrons. The number of nitrogens with zero attached hydrogens (tertiary/aromatic N) is 2. The van der Waals surface area contributed by atoms with E-state index in [2.05, 4.69) is 92.4 Å². The van der Waals surface area contributed by atoms with E-state index >= 15 is 0 Å². The van der Waals surface area contributed by atoms with Crippen molar-refractivity contribution in [1.82, 2.24) is 4.90 Å². The number of hydrogen-bond acceptors (Lipinski definition) is 2. The molecule has 3 heterocycles. The van der Waals surface area contributed by atoms with E-state index in [4.69, 9.17) is 0 Å². The Morgan fingerprint density at radius 2 is 1.64 bits per heavy atom. The minimum absolute atomic E-state index is 0.107. The van der Waals surface area contributed by atoms with Crippen molar-refractivity contribution in [3.05, 3.63) is 66.0 Å². The molecule has 2 aromatic carbocycles. The lowest BCUT2D eigenvalue weighted by Gasteiger charge is -2.60. The molecule has 2 aromatic rings. The van der Waals surface area contributed by atoms with Crippen molar-refractivity contribution in [1.29, 1.82) is 0 Å². The number of hydrogen-bond donors (Lipinski definition) is 0. The lowest BCUT2D eigenvalue weighted by molar-refractivity contribution is 0.0219. The summed E-state index contributed by atoms with van der Waals surface area (Å²) in [5.74, 6) is 0. The third kappa shape index (κ3) is 1.52. The molecule has 3 aliphatic rings. The third-order valence-corrected chi connectivity index (χ3v) is 7.50. The Bertz CT molecular complexity index is 899. The Morgan fingerprint density at radius 3 is 2.40 bits per heavy atom. The molecule has 3 unspecified atom stereocenters. The average molecular weight is 330 g/mol. The van der Waals surface area contributed by atoms with E-state index in [-0.39, 0.29) is 11.0 Å². The summed E-state index contributed by atoms with van der Waals surface area (Å²) in [7, 11) is 0. The summed E-state index contributed by atoms with van der Waals surface area (Å²) in [5.41, 5.74) is 7.41. The lowest BCUT2D eigenvalue weighted by Crippen LogP contribution is -2.62. The second-order valence-corrected chi connectivity index (χ2v) is 8.08. The van der Waals surface area contributed by atoms with Crippen LogP contribution in [0.15, 0.2) is 54.9 Å². The van der Waals surface area contributed by atoms with Gasteiger partial charge in [0, 0.05) is 34.5 Å². The highest BCUT2D eigenvalue weighted by Crippen LogP contribution is 2.60. The highest BCUT2D eigenvalue weighted by atomic mass is 15.4.